The third kappa shape index (κ3) is 7.41. The maximum absolute atomic E-state index is 6.72. The van der Waals surface area contributed by atoms with Crippen LogP contribution in [0.25, 0.3) is 0 Å². The number of nitrogen functional groups attached to an aromatic ring is 2. The summed E-state index contributed by atoms with van der Waals surface area (Å²) in [6.45, 7) is 4.47. The number of nitrogens with two attached hydrogens (primary N) is 4. The molecule has 2 fully saturated rings. The second kappa shape index (κ2) is 16.8. The quantitative estimate of drug-likeness (QED) is 0.146. The van der Waals surface area contributed by atoms with Crippen LogP contribution < -0.4 is 42.2 Å². The number of nitrogens with zero attached hydrogens (tertiary/aromatic N) is 10. The Morgan fingerprint density at radius 2 is 0.970 bits per heavy atom. The lowest BCUT2D eigenvalue weighted by molar-refractivity contribution is 0.187. The van der Waals surface area contributed by atoms with Crippen LogP contribution in [-0.4, -0.2) is 67.9 Å². The van der Waals surface area contributed by atoms with Crippen molar-refractivity contribution in [2.45, 2.75) is 63.7 Å². The summed E-state index contributed by atoms with van der Waals surface area (Å²) < 4.78 is 11.7. The molecule has 6 aromatic rings. The van der Waals surface area contributed by atoms with E-state index in [2.05, 4.69) is 88.3 Å². The first-order chi connectivity index (χ1) is 32.1. The Hall–Kier alpha value is -6.46. The summed E-state index contributed by atoms with van der Waals surface area (Å²) in [7, 11) is 0. The maximum atomic E-state index is 6.72. The lowest BCUT2D eigenvalue weighted by Crippen LogP contribution is -2.44. The zero-order valence-electron chi connectivity index (χ0n) is 36.1. The highest BCUT2D eigenvalue weighted by atomic mass is 35.5. The topological polar surface area (TPSA) is 231 Å². The number of benzene rings is 2. The van der Waals surface area contributed by atoms with Crippen molar-refractivity contribution in [1.82, 2.24) is 29.9 Å². The van der Waals surface area contributed by atoms with E-state index in [0.717, 1.165) is 87.7 Å². The number of ether oxygens (including phenoxy) is 2. The molecule has 8 N–H and O–H groups in total. The van der Waals surface area contributed by atoms with Crippen molar-refractivity contribution in [2.24, 2.45) is 32.3 Å². The zero-order chi connectivity index (χ0) is 45.2. The number of hydrogen-bond acceptors (Lipinski definition) is 16. The van der Waals surface area contributed by atoms with Crippen LogP contribution in [-0.2, 0) is 25.9 Å². The molecule has 2 saturated heterocycles. The lowest BCUT2D eigenvalue weighted by Gasteiger charge is -2.42. The smallest absolute Gasteiger partial charge is 0.243 e. The third-order valence-corrected chi connectivity index (χ3v) is 15.1. The summed E-state index contributed by atoms with van der Waals surface area (Å²) in [6.07, 6.45) is 12.9. The van der Waals surface area contributed by atoms with Crippen molar-refractivity contribution in [3.8, 4) is 11.5 Å². The average Bonchev–Trinajstić information content (AvgIpc) is 4.08. The summed E-state index contributed by atoms with van der Waals surface area (Å²) in [6, 6.07) is 20.7. The minimum absolute atomic E-state index is 0.101. The van der Waals surface area contributed by atoms with E-state index in [1.165, 1.54) is 22.3 Å². The van der Waals surface area contributed by atoms with E-state index in [1.807, 2.05) is 0 Å². The fraction of sp³-hybridized carbons (Fsp3) is 0.333. The summed E-state index contributed by atoms with van der Waals surface area (Å²) >= 11 is 12.4. The van der Waals surface area contributed by atoms with Crippen molar-refractivity contribution < 1.29 is 9.47 Å². The van der Waals surface area contributed by atoms with E-state index in [9.17, 15) is 0 Å². The van der Waals surface area contributed by atoms with Gasteiger partial charge >= 0.3 is 0 Å². The van der Waals surface area contributed by atoms with Crippen LogP contribution >= 0.6 is 23.2 Å². The molecule has 4 aliphatic heterocycles. The molecule has 2 aromatic carbocycles. The number of fused-ring (bicyclic) bond motifs is 4. The van der Waals surface area contributed by atoms with Gasteiger partial charge in [0.1, 0.15) is 44.7 Å². The highest BCUT2D eigenvalue weighted by Gasteiger charge is 2.47. The van der Waals surface area contributed by atoms with Crippen LogP contribution in [0.4, 0.5) is 23.3 Å². The molecular weight excluding hydrogens is 876 g/mol. The summed E-state index contributed by atoms with van der Waals surface area (Å²) in [5.74, 6) is 3.75. The Balaban J connectivity index is 0.000000146. The molecule has 66 heavy (non-hydrogen) atoms. The van der Waals surface area contributed by atoms with Gasteiger partial charge in [-0.1, -0.05) is 71.7 Å². The Bertz CT molecular complexity index is 2740. The first-order valence-corrected chi connectivity index (χ1v) is 23.0. The first-order valence-electron chi connectivity index (χ1n) is 22.2. The van der Waals surface area contributed by atoms with Gasteiger partial charge in [-0.05, 0) is 71.6 Å². The molecule has 2 aliphatic carbocycles. The van der Waals surface area contributed by atoms with Crippen molar-refractivity contribution in [1.29, 1.82) is 0 Å². The van der Waals surface area contributed by atoms with Gasteiger partial charge in [-0.2, -0.15) is 0 Å². The van der Waals surface area contributed by atoms with E-state index in [0.29, 0.717) is 47.8 Å². The van der Waals surface area contributed by atoms with Gasteiger partial charge in [0.2, 0.25) is 11.8 Å². The second-order valence-electron chi connectivity index (χ2n) is 17.9. The predicted octanol–water partition coefficient (Wildman–Crippen LogP) is 6.58. The van der Waals surface area contributed by atoms with E-state index < -0.39 is 0 Å². The number of hydrogen-bond donors (Lipinski definition) is 4. The summed E-state index contributed by atoms with van der Waals surface area (Å²) in [4.78, 5) is 40.4. The molecule has 6 aliphatic rings. The Kier molecular flexibility index (Phi) is 10.7. The predicted molar refractivity (Wildman–Crippen MR) is 255 cm³/mol. The van der Waals surface area contributed by atoms with Crippen LogP contribution in [0.2, 0.25) is 10.0 Å². The molecule has 0 amide bonds. The number of rotatable bonds is 4. The van der Waals surface area contributed by atoms with Gasteiger partial charge in [0.05, 0.1) is 36.9 Å². The van der Waals surface area contributed by atoms with Gasteiger partial charge in [-0.25, -0.2) is 39.9 Å². The Labute approximate surface area is 391 Å². The highest BCUT2D eigenvalue weighted by molar-refractivity contribution is 6.34. The van der Waals surface area contributed by atoms with Crippen LogP contribution in [0.1, 0.15) is 82.8 Å². The zero-order valence-corrected chi connectivity index (χ0v) is 37.6. The molecule has 336 valence electrons. The van der Waals surface area contributed by atoms with Crippen molar-refractivity contribution in [3.05, 3.63) is 141 Å². The Morgan fingerprint density at radius 3 is 1.38 bits per heavy atom. The fourth-order valence-electron chi connectivity index (χ4n) is 10.5. The summed E-state index contributed by atoms with van der Waals surface area (Å²) in [5.41, 5.74) is 33.5. The summed E-state index contributed by atoms with van der Waals surface area (Å²) in [5, 5.41) is 0.514. The molecule has 2 spiro atoms. The van der Waals surface area contributed by atoms with Crippen LogP contribution in [0.15, 0.2) is 95.4 Å². The molecule has 0 bridgehead atoms. The molecular formula is C48H48Cl2N14O2. The van der Waals surface area contributed by atoms with E-state index in [1.54, 1.807) is 36.9 Å². The second-order valence-corrected chi connectivity index (χ2v) is 18.7. The van der Waals surface area contributed by atoms with Crippen molar-refractivity contribution >= 4 is 58.3 Å². The van der Waals surface area contributed by atoms with Gasteiger partial charge in [0.25, 0.3) is 0 Å². The minimum atomic E-state index is 0.101. The standard InChI is InChI=1S/2C24H24ClN7O/c2*25-19-17(5-8-28-22(19)27)33-23-20-16(12-30-23)31-18(13-29-20)32-9-6-24(7-10-32)11-14-3-1-2-4-15(14)21(24)26/h2*1-5,8,13,21H,6-7,9-12,26H2,(H2,27,28)/t2*21-/m10/s1. The molecule has 18 heteroatoms. The number of pyridine rings is 2. The van der Waals surface area contributed by atoms with Crippen molar-refractivity contribution in [3.63, 3.8) is 0 Å². The van der Waals surface area contributed by atoms with Gasteiger partial charge in [-0.3, -0.25) is 0 Å². The van der Waals surface area contributed by atoms with Gasteiger partial charge in [-0.15, -0.1) is 0 Å². The molecule has 12 rings (SSSR count). The molecule has 2 atom stereocenters. The van der Waals surface area contributed by atoms with Gasteiger partial charge in [0.15, 0.2) is 11.5 Å². The normalized spacial score (nSPS) is 20.5. The monoisotopic (exact) mass is 922 g/mol. The molecule has 0 saturated carbocycles. The third-order valence-electron chi connectivity index (χ3n) is 14.3. The van der Waals surface area contributed by atoms with E-state index in [4.69, 9.17) is 65.6 Å². The number of halogens is 2. The van der Waals surface area contributed by atoms with Crippen molar-refractivity contribution in [2.75, 3.05) is 47.4 Å². The molecule has 16 nitrogen and oxygen atoms in total. The van der Waals surface area contributed by atoms with Crippen LogP contribution in [0.5, 0.6) is 11.5 Å². The Morgan fingerprint density at radius 1 is 0.561 bits per heavy atom. The maximum Gasteiger partial charge on any atom is 0.243 e. The van der Waals surface area contributed by atoms with Gasteiger partial charge in [0, 0.05) is 62.8 Å². The van der Waals surface area contributed by atoms with Gasteiger partial charge < -0.3 is 42.2 Å². The largest absolute Gasteiger partial charge is 0.435 e. The minimum Gasteiger partial charge on any atom is -0.435 e. The first kappa shape index (κ1) is 42.2. The van der Waals surface area contributed by atoms with E-state index >= 15 is 0 Å². The number of aliphatic imine (C=N–C) groups is 2. The van der Waals surface area contributed by atoms with Crippen LogP contribution in [0.3, 0.4) is 0 Å². The fourth-order valence-corrected chi connectivity index (χ4v) is 10.8. The van der Waals surface area contributed by atoms with E-state index in [-0.39, 0.29) is 44.6 Å². The molecule has 8 heterocycles. The average molecular weight is 924 g/mol. The molecule has 4 aromatic heterocycles. The number of piperidine rings is 2. The number of anilines is 4. The highest BCUT2D eigenvalue weighted by Crippen LogP contribution is 2.52. The molecule has 0 radical (unpaired) electrons. The SMILES string of the molecule is Nc1nccc(OC2=NCc3nc(N4CCC5(CC4)Cc4ccccc4[C@@H]5N)cnc32)c1Cl.Nc1nccc(OC2=NCc3nc(N4CCC5(CC4)Cc4ccccc4[C@H]5N)cnc32)c1Cl. The number of aromatic nitrogens is 6. The lowest BCUT2D eigenvalue weighted by atomic mass is 9.73. The van der Waals surface area contributed by atoms with Crippen LogP contribution in [0, 0.1) is 10.8 Å². The molecule has 0 unspecified atom stereocenters.